The molecule has 1 aromatic heterocycles. The van der Waals surface area contributed by atoms with Gasteiger partial charge < -0.3 is 19.5 Å². The lowest BCUT2D eigenvalue weighted by Gasteiger charge is -2.26. The van der Waals surface area contributed by atoms with Gasteiger partial charge in [-0.25, -0.2) is 4.68 Å². The molecule has 0 fully saturated rings. The molecule has 1 aliphatic heterocycles. The molecule has 0 aliphatic carbocycles. The molecule has 0 bridgehead atoms. The Hall–Kier alpha value is -4.40. The maximum Gasteiger partial charge on any atom is 0.251 e. The van der Waals surface area contributed by atoms with E-state index in [1.54, 1.807) is 13.2 Å². The van der Waals surface area contributed by atoms with Gasteiger partial charge in [-0.1, -0.05) is 30.3 Å². The smallest absolute Gasteiger partial charge is 0.251 e. The van der Waals surface area contributed by atoms with Crippen molar-refractivity contribution in [2.45, 2.75) is 6.10 Å². The van der Waals surface area contributed by atoms with Crippen LogP contribution in [0.5, 0.6) is 17.2 Å². The lowest BCUT2D eigenvalue weighted by atomic mass is 10.0. The Kier molecular flexibility index (Phi) is 5.59. The van der Waals surface area contributed by atoms with E-state index in [2.05, 4.69) is 20.8 Å². The minimum atomic E-state index is -0.291. The molecule has 1 N–H and O–H groups in total. The van der Waals surface area contributed by atoms with Gasteiger partial charge in [-0.2, -0.15) is 0 Å². The summed E-state index contributed by atoms with van der Waals surface area (Å²) in [7, 11) is 1.61. The summed E-state index contributed by atoms with van der Waals surface area (Å²) in [5, 5.41) is 14.3. The van der Waals surface area contributed by atoms with Gasteiger partial charge in [0, 0.05) is 11.1 Å². The number of para-hydroxylation sites is 3. The van der Waals surface area contributed by atoms with Crippen LogP contribution in [0.1, 0.15) is 10.4 Å². The fourth-order valence-corrected chi connectivity index (χ4v) is 3.67. The van der Waals surface area contributed by atoms with Gasteiger partial charge in [-0.15, -0.1) is 5.10 Å². The molecule has 1 atom stereocenters. The number of benzene rings is 3. The third-order valence-electron chi connectivity index (χ3n) is 5.27. The summed E-state index contributed by atoms with van der Waals surface area (Å²) in [6, 6.07) is 20.5. The Morgan fingerprint density at radius 1 is 1.12 bits per heavy atom. The SMILES string of the molecule is COc1ccccc1-c1cc(C(=O)NCC2COc3ccccc3O2)cc(-n2cnnn2)c1. The molecule has 5 rings (SSSR count). The van der Waals surface area contributed by atoms with Crippen LogP contribution < -0.4 is 19.5 Å². The number of methoxy groups -OCH3 is 1. The molecule has 1 amide bonds. The molecule has 166 valence electrons. The Bertz CT molecular complexity index is 1280. The van der Waals surface area contributed by atoms with E-state index in [1.807, 2.05) is 60.7 Å². The van der Waals surface area contributed by atoms with Gasteiger partial charge in [0.05, 0.1) is 19.3 Å². The Morgan fingerprint density at radius 2 is 1.94 bits per heavy atom. The predicted molar refractivity (Wildman–Crippen MR) is 120 cm³/mol. The molecule has 3 aromatic carbocycles. The largest absolute Gasteiger partial charge is 0.496 e. The maximum atomic E-state index is 13.1. The van der Waals surface area contributed by atoms with Crippen molar-refractivity contribution in [1.82, 2.24) is 25.5 Å². The average Bonchev–Trinajstić information content (AvgIpc) is 3.42. The highest BCUT2D eigenvalue weighted by Crippen LogP contribution is 2.32. The molecule has 0 saturated carbocycles. The Morgan fingerprint density at radius 3 is 2.76 bits per heavy atom. The van der Waals surface area contributed by atoms with Gasteiger partial charge in [-0.3, -0.25) is 4.79 Å². The molecule has 1 aliphatic rings. The summed E-state index contributed by atoms with van der Waals surface area (Å²) in [5.41, 5.74) is 2.77. The summed E-state index contributed by atoms with van der Waals surface area (Å²) in [6.45, 7) is 0.653. The lowest BCUT2D eigenvalue weighted by Crippen LogP contribution is -2.40. The van der Waals surface area contributed by atoms with Crippen LogP contribution in [0.25, 0.3) is 16.8 Å². The first kappa shape index (κ1) is 20.5. The molecular weight excluding hydrogens is 422 g/mol. The number of amides is 1. The second kappa shape index (κ2) is 8.99. The Labute approximate surface area is 189 Å². The number of carbonyl (C=O) groups excluding carboxylic acids is 1. The number of nitrogens with one attached hydrogen (secondary N) is 1. The van der Waals surface area contributed by atoms with Crippen molar-refractivity contribution in [3.8, 4) is 34.1 Å². The summed E-state index contributed by atoms with van der Waals surface area (Å²) in [4.78, 5) is 13.1. The summed E-state index contributed by atoms with van der Waals surface area (Å²) in [6.07, 6.45) is 1.19. The number of tetrazole rings is 1. The van der Waals surface area contributed by atoms with E-state index in [4.69, 9.17) is 14.2 Å². The summed E-state index contributed by atoms with van der Waals surface area (Å²) >= 11 is 0. The van der Waals surface area contributed by atoms with Crippen molar-refractivity contribution >= 4 is 5.91 Å². The first-order valence-electron chi connectivity index (χ1n) is 10.4. The quantitative estimate of drug-likeness (QED) is 0.489. The zero-order valence-electron chi connectivity index (χ0n) is 17.8. The van der Waals surface area contributed by atoms with Crippen molar-refractivity contribution in [3.05, 3.63) is 78.6 Å². The predicted octanol–water partition coefficient (Wildman–Crippen LogP) is 2.91. The van der Waals surface area contributed by atoms with Crippen LogP contribution in [0.3, 0.4) is 0 Å². The minimum Gasteiger partial charge on any atom is -0.496 e. The van der Waals surface area contributed by atoms with Crippen LogP contribution in [-0.2, 0) is 0 Å². The molecule has 4 aromatic rings. The molecule has 2 heterocycles. The second-order valence-corrected chi connectivity index (χ2v) is 7.43. The molecule has 33 heavy (non-hydrogen) atoms. The molecule has 9 heteroatoms. The lowest BCUT2D eigenvalue weighted by molar-refractivity contribution is 0.0789. The van der Waals surface area contributed by atoms with E-state index < -0.39 is 0 Å². The van der Waals surface area contributed by atoms with Crippen molar-refractivity contribution in [2.24, 2.45) is 0 Å². The number of fused-ring (bicyclic) bond motifs is 1. The van der Waals surface area contributed by atoms with Crippen LogP contribution in [0.4, 0.5) is 0 Å². The number of hydrogen-bond acceptors (Lipinski definition) is 7. The fraction of sp³-hybridized carbons (Fsp3) is 0.167. The number of hydrogen-bond donors (Lipinski definition) is 1. The van der Waals surface area contributed by atoms with E-state index in [1.165, 1.54) is 11.0 Å². The van der Waals surface area contributed by atoms with Crippen LogP contribution in [0.15, 0.2) is 73.1 Å². The first-order valence-corrected chi connectivity index (χ1v) is 10.4. The normalized spacial score (nSPS) is 14.5. The molecular formula is C24H21N5O4. The maximum absolute atomic E-state index is 13.1. The van der Waals surface area contributed by atoms with Gasteiger partial charge in [0.25, 0.3) is 5.91 Å². The number of nitrogens with zero attached hydrogens (tertiary/aromatic N) is 4. The van der Waals surface area contributed by atoms with Crippen molar-refractivity contribution in [1.29, 1.82) is 0 Å². The standard InChI is InChI=1S/C24H21N5O4/c1-31-21-7-3-2-6-20(21)16-10-17(12-18(11-16)29-15-26-27-28-29)24(30)25-13-19-14-32-22-8-4-5-9-23(22)33-19/h2-12,15,19H,13-14H2,1H3,(H,25,30). The van der Waals surface area contributed by atoms with Crippen LogP contribution in [-0.4, -0.2) is 52.5 Å². The van der Waals surface area contributed by atoms with Gasteiger partial charge in [0.1, 0.15) is 24.8 Å². The highest BCUT2D eigenvalue weighted by atomic mass is 16.6. The topological polar surface area (TPSA) is 100 Å². The average molecular weight is 443 g/mol. The summed E-state index contributed by atoms with van der Waals surface area (Å²) in [5.74, 6) is 1.82. The van der Waals surface area contributed by atoms with E-state index >= 15 is 0 Å². The van der Waals surface area contributed by atoms with Gasteiger partial charge in [-0.05, 0) is 52.4 Å². The highest BCUT2D eigenvalue weighted by molar-refractivity contribution is 5.96. The van der Waals surface area contributed by atoms with Gasteiger partial charge >= 0.3 is 0 Å². The highest BCUT2D eigenvalue weighted by Gasteiger charge is 2.22. The zero-order chi connectivity index (χ0) is 22.6. The minimum absolute atomic E-state index is 0.247. The molecule has 0 saturated heterocycles. The zero-order valence-corrected chi connectivity index (χ0v) is 17.8. The molecule has 0 radical (unpaired) electrons. The van der Waals surface area contributed by atoms with Crippen LogP contribution in [0.2, 0.25) is 0 Å². The van der Waals surface area contributed by atoms with E-state index in [-0.39, 0.29) is 12.0 Å². The fourth-order valence-electron chi connectivity index (χ4n) is 3.67. The first-order chi connectivity index (χ1) is 16.2. The third-order valence-corrected chi connectivity index (χ3v) is 5.27. The third kappa shape index (κ3) is 4.33. The van der Waals surface area contributed by atoms with Crippen molar-refractivity contribution in [3.63, 3.8) is 0 Å². The Balaban J connectivity index is 1.40. The van der Waals surface area contributed by atoms with E-state index in [0.29, 0.717) is 41.7 Å². The number of rotatable bonds is 6. The number of ether oxygens (including phenoxy) is 3. The van der Waals surface area contributed by atoms with Gasteiger partial charge in [0.15, 0.2) is 11.5 Å². The van der Waals surface area contributed by atoms with E-state index in [9.17, 15) is 4.79 Å². The van der Waals surface area contributed by atoms with E-state index in [0.717, 1.165) is 11.1 Å². The number of carbonyl (C=O) groups is 1. The van der Waals surface area contributed by atoms with Crippen LogP contribution >= 0.6 is 0 Å². The van der Waals surface area contributed by atoms with Gasteiger partial charge in [0.2, 0.25) is 0 Å². The molecule has 9 nitrogen and oxygen atoms in total. The van der Waals surface area contributed by atoms with Crippen molar-refractivity contribution in [2.75, 3.05) is 20.3 Å². The monoisotopic (exact) mass is 443 g/mol. The molecule has 0 spiro atoms. The van der Waals surface area contributed by atoms with Crippen LogP contribution in [0, 0.1) is 0 Å². The van der Waals surface area contributed by atoms with Crippen molar-refractivity contribution < 1.29 is 19.0 Å². The second-order valence-electron chi connectivity index (χ2n) is 7.43. The summed E-state index contributed by atoms with van der Waals surface area (Å²) < 4.78 is 18.7. The number of aromatic nitrogens is 4. The molecule has 1 unspecified atom stereocenters.